The Bertz CT molecular complexity index is 329. The number of nitrogens with two attached hydrogens (primary N) is 1. The summed E-state index contributed by atoms with van der Waals surface area (Å²) in [6.45, 7) is 0. The summed E-state index contributed by atoms with van der Waals surface area (Å²) in [4.78, 5) is 28.5. The van der Waals surface area contributed by atoms with E-state index in [0.29, 0.717) is 12.8 Å². The van der Waals surface area contributed by atoms with Crippen molar-refractivity contribution in [3.05, 3.63) is 0 Å². The van der Waals surface area contributed by atoms with E-state index in [2.05, 4.69) is 0 Å². The van der Waals surface area contributed by atoms with Crippen molar-refractivity contribution < 1.29 is 24.3 Å². The fourth-order valence-corrected chi connectivity index (χ4v) is 3.40. The molecular formula is C11H22NO5P. The molecule has 1 fully saturated rings. The minimum Gasteiger partial charge on any atom is -0.480 e. The lowest BCUT2D eigenvalue weighted by Gasteiger charge is -2.32. The number of carboxylic acids is 1. The van der Waals surface area contributed by atoms with Gasteiger partial charge >= 0.3 is 13.6 Å². The number of hydrogen-bond acceptors (Lipinski definition) is 3. The van der Waals surface area contributed by atoms with Gasteiger partial charge in [-0.1, -0.05) is 25.7 Å². The van der Waals surface area contributed by atoms with E-state index in [9.17, 15) is 9.36 Å². The van der Waals surface area contributed by atoms with Crippen LogP contribution in [0.1, 0.15) is 38.5 Å². The van der Waals surface area contributed by atoms with Crippen LogP contribution in [0.2, 0.25) is 0 Å². The van der Waals surface area contributed by atoms with Gasteiger partial charge in [0.15, 0.2) is 0 Å². The van der Waals surface area contributed by atoms with Crippen LogP contribution in [0.25, 0.3) is 0 Å². The highest BCUT2D eigenvalue weighted by Crippen LogP contribution is 2.41. The molecule has 5 N–H and O–H groups in total. The van der Waals surface area contributed by atoms with E-state index in [1.165, 1.54) is 0 Å². The molecule has 0 bridgehead atoms. The highest BCUT2D eigenvalue weighted by molar-refractivity contribution is 7.51. The molecule has 1 rings (SSSR count). The second-order valence-corrected chi connectivity index (χ2v) is 6.94. The zero-order valence-corrected chi connectivity index (χ0v) is 11.3. The molecule has 0 saturated heterocycles. The Kier molecular flexibility index (Phi) is 5.79. The van der Waals surface area contributed by atoms with Crippen LogP contribution in [0, 0.1) is 11.8 Å². The fraction of sp³-hybridized carbons (Fsp3) is 0.909. The highest BCUT2D eigenvalue weighted by Gasteiger charge is 2.30. The molecule has 1 aliphatic rings. The molecule has 0 radical (unpaired) electrons. The van der Waals surface area contributed by atoms with Gasteiger partial charge in [0.05, 0.1) is 6.16 Å². The zero-order chi connectivity index (χ0) is 13.8. The van der Waals surface area contributed by atoms with Crippen LogP contribution in [0.4, 0.5) is 0 Å². The van der Waals surface area contributed by atoms with E-state index in [4.69, 9.17) is 20.6 Å². The predicted octanol–water partition coefficient (Wildman–Crippen LogP) is 1.16. The van der Waals surface area contributed by atoms with Crippen LogP contribution in [0.3, 0.4) is 0 Å². The first-order valence-electron chi connectivity index (χ1n) is 6.32. The molecule has 0 aromatic rings. The molecule has 0 aromatic heterocycles. The van der Waals surface area contributed by atoms with Gasteiger partial charge in [0, 0.05) is 0 Å². The van der Waals surface area contributed by atoms with E-state index >= 15 is 0 Å². The quantitative estimate of drug-likeness (QED) is 0.541. The van der Waals surface area contributed by atoms with E-state index in [-0.39, 0.29) is 18.0 Å². The molecule has 0 aliphatic heterocycles. The molecule has 18 heavy (non-hydrogen) atoms. The minimum atomic E-state index is -3.96. The van der Waals surface area contributed by atoms with Gasteiger partial charge in [0.1, 0.15) is 6.04 Å². The molecular weight excluding hydrogens is 257 g/mol. The number of carbonyl (C=O) groups is 1. The topological polar surface area (TPSA) is 121 Å². The van der Waals surface area contributed by atoms with E-state index < -0.39 is 19.6 Å². The van der Waals surface area contributed by atoms with Crippen molar-refractivity contribution in [1.82, 2.24) is 0 Å². The number of rotatable bonds is 6. The summed E-state index contributed by atoms with van der Waals surface area (Å²) in [7, 11) is -3.96. The van der Waals surface area contributed by atoms with Crippen molar-refractivity contribution in [1.29, 1.82) is 0 Å². The van der Waals surface area contributed by atoms with Gasteiger partial charge in [-0.15, -0.1) is 0 Å². The van der Waals surface area contributed by atoms with Crippen molar-refractivity contribution >= 4 is 13.6 Å². The first-order chi connectivity index (χ1) is 8.29. The smallest absolute Gasteiger partial charge is 0.325 e. The SMILES string of the molecule is N[C@@H](C[C@H]1CCCC[C@H]1CCP(=O)(O)O)C(=O)O. The molecule has 7 heteroatoms. The van der Waals surface area contributed by atoms with Gasteiger partial charge in [-0.05, 0) is 24.7 Å². The molecule has 1 aliphatic carbocycles. The maximum atomic E-state index is 10.9. The number of hydrogen-bond donors (Lipinski definition) is 4. The van der Waals surface area contributed by atoms with Crippen molar-refractivity contribution in [2.75, 3.05) is 6.16 Å². The molecule has 6 nitrogen and oxygen atoms in total. The molecule has 0 aromatic carbocycles. The van der Waals surface area contributed by atoms with E-state index in [1.807, 2.05) is 0 Å². The molecule has 3 atom stereocenters. The second kappa shape index (κ2) is 6.66. The fourth-order valence-electron chi connectivity index (χ4n) is 2.74. The highest BCUT2D eigenvalue weighted by atomic mass is 31.2. The van der Waals surface area contributed by atoms with Gasteiger partial charge in [-0.3, -0.25) is 9.36 Å². The van der Waals surface area contributed by atoms with Crippen LogP contribution < -0.4 is 5.73 Å². The third kappa shape index (κ3) is 5.48. The lowest BCUT2D eigenvalue weighted by molar-refractivity contribution is -0.139. The zero-order valence-electron chi connectivity index (χ0n) is 10.4. The Hall–Kier alpha value is -0.420. The van der Waals surface area contributed by atoms with Crippen LogP contribution in [0.15, 0.2) is 0 Å². The summed E-state index contributed by atoms with van der Waals surface area (Å²) >= 11 is 0. The monoisotopic (exact) mass is 279 g/mol. The first-order valence-corrected chi connectivity index (χ1v) is 8.12. The standard InChI is InChI=1S/C11H22NO5P/c12-10(11(13)14)7-9-4-2-1-3-8(9)5-6-18(15,16)17/h8-10H,1-7,12H2,(H,13,14)(H2,15,16,17)/t8-,9+,10-/m0/s1. The predicted molar refractivity (Wildman–Crippen MR) is 67.2 cm³/mol. The lowest BCUT2D eigenvalue weighted by Crippen LogP contribution is -2.35. The molecule has 106 valence electrons. The number of aliphatic carboxylic acids is 1. The average molecular weight is 279 g/mol. The largest absolute Gasteiger partial charge is 0.480 e. The summed E-state index contributed by atoms with van der Waals surface area (Å²) in [5.41, 5.74) is 5.54. The van der Waals surface area contributed by atoms with Gasteiger partial charge < -0.3 is 20.6 Å². The van der Waals surface area contributed by atoms with E-state index in [0.717, 1.165) is 25.7 Å². The normalized spacial score (nSPS) is 26.8. The third-order valence-electron chi connectivity index (χ3n) is 3.73. The van der Waals surface area contributed by atoms with Gasteiger partial charge in [0.2, 0.25) is 0 Å². The maximum absolute atomic E-state index is 10.9. The van der Waals surface area contributed by atoms with Gasteiger partial charge in [-0.2, -0.15) is 0 Å². The summed E-state index contributed by atoms with van der Waals surface area (Å²) in [6, 6.07) is -0.870. The molecule has 0 unspecified atom stereocenters. The summed E-state index contributed by atoms with van der Waals surface area (Å²) in [5.74, 6) is -0.637. The van der Waals surface area contributed by atoms with E-state index in [1.54, 1.807) is 0 Å². The first kappa shape index (κ1) is 15.6. The molecule has 0 amide bonds. The summed E-state index contributed by atoms with van der Waals surface area (Å²) in [5, 5.41) is 8.81. The summed E-state index contributed by atoms with van der Waals surface area (Å²) in [6.07, 6.45) is 4.66. The Morgan fingerprint density at radius 2 is 1.83 bits per heavy atom. The average Bonchev–Trinajstić information content (AvgIpc) is 2.26. The molecule has 1 saturated carbocycles. The third-order valence-corrected chi connectivity index (χ3v) is 4.57. The second-order valence-electron chi connectivity index (χ2n) is 5.16. The Morgan fingerprint density at radius 3 is 2.33 bits per heavy atom. The molecule has 0 spiro atoms. The van der Waals surface area contributed by atoms with Crippen molar-refractivity contribution in [2.24, 2.45) is 17.6 Å². The van der Waals surface area contributed by atoms with Gasteiger partial charge in [-0.25, -0.2) is 0 Å². The number of carboxylic acid groups (broad SMARTS) is 1. The Labute approximate surface area is 107 Å². The Morgan fingerprint density at radius 1 is 1.28 bits per heavy atom. The van der Waals surface area contributed by atoms with Crippen molar-refractivity contribution in [3.8, 4) is 0 Å². The van der Waals surface area contributed by atoms with Crippen LogP contribution in [0.5, 0.6) is 0 Å². The van der Waals surface area contributed by atoms with Crippen LogP contribution in [-0.4, -0.2) is 33.1 Å². The lowest BCUT2D eigenvalue weighted by atomic mass is 9.75. The molecule has 0 heterocycles. The van der Waals surface area contributed by atoms with Crippen LogP contribution >= 0.6 is 7.60 Å². The minimum absolute atomic E-state index is 0.115. The van der Waals surface area contributed by atoms with Crippen molar-refractivity contribution in [3.63, 3.8) is 0 Å². The van der Waals surface area contributed by atoms with Gasteiger partial charge in [0.25, 0.3) is 0 Å². The Balaban J connectivity index is 2.51. The summed E-state index contributed by atoms with van der Waals surface area (Å²) < 4.78 is 10.9. The van der Waals surface area contributed by atoms with Crippen molar-refractivity contribution in [2.45, 2.75) is 44.6 Å². The van der Waals surface area contributed by atoms with Crippen LogP contribution in [-0.2, 0) is 9.36 Å². The maximum Gasteiger partial charge on any atom is 0.325 e.